The van der Waals surface area contributed by atoms with E-state index in [1.165, 1.54) is 5.01 Å². The van der Waals surface area contributed by atoms with Crippen LogP contribution in [0, 0.1) is 13.8 Å². The van der Waals surface area contributed by atoms with Crippen molar-refractivity contribution in [2.75, 3.05) is 21.2 Å². The molecule has 0 bridgehead atoms. The molecule has 0 saturated carbocycles. The normalized spacial score (nSPS) is 14.6. The number of aryl methyl sites for hydroxylation is 2. The van der Waals surface area contributed by atoms with Gasteiger partial charge in [0.2, 0.25) is 5.91 Å². The zero-order chi connectivity index (χ0) is 17.1. The fourth-order valence-electron chi connectivity index (χ4n) is 2.84. The zero-order valence-electron chi connectivity index (χ0n) is 14.3. The van der Waals surface area contributed by atoms with Gasteiger partial charge >= 0.3 is 0 Å². The fraction of sp³-hybridized carbons (Fsp3) is 0.471. The minimum Gasteiger partial charge on any atom is -0.496 e. The number of benzene rings is 1. The molecular weight excluding hydrogens is 294 g/mol. The molecule has 0 fully saturated rings. The average Bonchev–Trinajstić information content (AvgIpc) is 2.49. The molecule has 124 valence electrons. The van der Waals surface area contributed by atoms with Gasteiger partial charge in [0.05, 0.1) is 7.11 Å². The molecule has 1 aromatic rings. The Balaban J connectivity index is 2.13. The number of amides is 2. The monoisotopic (exact) mass is 317 g/mol. The summed E-state index contributed by atoms with van der Waals surface area (Å²) in [6.07, 6.45) is 0.725. The predicted octanol–water partition coefficient (Wildman–Crippen LogP) is 1.88. The summed E-state index contributed by atoms with van der Waals surface area (Å²) >= 11 is 0. The van der Waals surface area contributed by atoms with Gasteiger partial charge in [-0.05, 0) is 30.5 Å². The Morgan fingerprint density at radius 2 is 1.91 bits per heavy atom. The van der Waals surface area contributed by atoms with E-state index in [1.54, 1.807) is 26.1 Å². The second kappa shape index (κ2) is 6.81. The van der Waals surface area contributed by atoms with Crippen molar-refractivity contribution in [2.45, 2.75) is 33.2 Å². The molecule has 0 spiro atoms. The van der Waals surface area contributed by atoms with Crippen LogP contribution in [-0.4, -0.2) is 48.6 Å². The first-order valence-electron chi connectivity index (χ1n) is 7.57. The van der Waals surface area contributed by atoms with Crippen molar-refractivity contribution < 1.29 is 14.3 Å². The maximum Gasteiger partial charge on any atom is 0.270 e. The topological polar surface area (TPSA) is 62.2 Å². The Labute approximate surface area is 136 Å². The Morgan fingerprint density at radius 1 is 1.30 bits per heavy atom. The first-order valence-corrected chi connectivity index (χ1v) is 7.57. The highest BCUT2D eigenvalue weighted by molar-refractivity contribution is 6.39. The van der Waals surface area contributed by atoms with Gasteiger partial charge in [0.1, 0.15) is 11.5 Å². The Kier molecular flexibility index (Phi) is 5.03. The second-order valence-corrected chi connectivity index (χ2v) is 5.89. The lowest BCUT2D eigenvalue weighted by Gasteiger charge is -2.23. The summed E-state index contributed by atoms with van der Waals surface area (Å²) in [7, 11) is 4.98. The third kappa shape index (κ3) is 3.70. The van der Waals surface area contributed by atoms with Crippen molar-refractivity contribution in [3.63, 3.8) is 0 Å². The highest BCUT2D eigenvalue weighted by Crippen LogP contribution is 2.25. The van der Waals surface area contributed by atoms with Crippen LogP contribution in [0.5, 0.6) is 5.75 Å². The number of hydrogen-bond acceptors (Lipinski definition) is 4. The van der Waals surface area contributed by atoms with E-state index in [-0.39, 0.29) is 11.8 Å². The Morgan fingerprint density at radius 3 is 2.43 bits per heavy atom. The Bertz CT molecular complexity index is 644. The number of hydrazone groups is 1. The maximum absolute atomic E-state index is 12.5. The lowest BCUT2D eigenvalue weighted by atomic mass is 10.0. The summed E-state index contributed by atoms with van der Waals surface area (Å²) < 4.78 is 5.36. The molecule has 0 unspecified atom stereocenters. The van der Waals surface area contributed by atoms with Gasteiger partial charge in [-0.25, -0.2) is 5.01 Å². The number of ether oxygens (including phenoxy) is 1. The van der Waals surface area contributed by atoms with Crippen molar-refractivity contribution in [1.29, 1.82) is 0 Å². The molecule has 1 aliphatic rings. The first kappa shape index (κ1) is 17.0. The molecule has 0 radical (unpaired) electrons. The third-order valence-corrected chi connectivity index (χ3v) is 3.94. The molecule has 1 aliphatic heterocycles. The SMILES string of the molecule is COc1c(C)cc(CN(C)C(=O)C2=NN(C)C(=O)CC2)cc1C. The van der Waals surface area contributed by atoms with Crippen molar-refractivity contribution in [2.24, 2.45) is 5.10 Å². The maximum atomic E-state index is 12.5. The van der Waals surface area contributed by atoms with Crippen molar-refractivity contribution in [3.8, 4) is 5.75 Å². The highest BCUT2D eigenvalue weighted by Gasteiger charge is 2.24. The van der Waals surface area contributed by atoms with Crippen LogP contribution < -0.4 is 4.74 Å². The van der Waals surface area contributed by atoms with Crippen molar-refractivity contribution in [3.05, 3.63) is 28.8 Å². The van der Waals surface area contributed by atoms with Gasteiger partial charge < -0.3 is 9.64 Å². The van der Waals surface area contributed by atoms with Crippen LogP contribution in [0.3, 0.4) is 0 Å². The van der Waals surface area contributed by atoms with Crippen LogP contribution in [0.4, 0.5) is 0 Å². The largest absolute Gasteiger partial charge is 0.496 e. The number of rotatable bonds is 4. The molecule has 0 saturated heterocycles. The smallest absolute Gasteiger partial charge is 0.270 e. The lowest BCUT2D eigenvalue weighted by Crippen LogP contribution is -2.38. The predicted molar refractivity (Wildman–Crippen MR) is 88.4 cm³/mol. The molecule has 1 aromatic carbocycles. The van der Waals surface area contributed by atoms with E-state index in [4.69, 9.17) is 4.74 Å². The van der Waals surface area contributed by atoms with Gasteiger partial charge in [-0.15, -0.1) is 0 Å². The quantitative estimate of drug-likeness (QED) is 0.852. The minimum absolute atomic E-state index is 0.0643. The summed E-state index contributed by atoms with van der Waals surface area (Å²) in [6, 6.07) is 4.04. The molecular formula is C17H23N3O3. The van der Waals surface area contributed by atoms with E-state index in [0.717, 1.165) is 22.4 Å². The minimum atomic E-state index is -0.143. The van der Waals surface area contributed by atoms with E-state index >= 15 is 0 Å². The third-order valence-electron chi connectivity index (χ3n) is 3.94. The van der Waals surface area contributed by atoms with E-state index in [9.17, 15) is 9.59 Å². The fourth-order valence-corrected chi connectivity index (χ4v) is 2.84. The summed E-state index contributed by atoms with van der Waals surface area (Å²) in [5.74, 6) is 0.667. The molecule has 0 N–H and O–H groups in total. The van der Waals surface area contributed by atoms with Gasteiger partial charge in [0.15, 0.2) is 0 Å². The van der Waals surface area contributed by atoms with Crippen LogP contribution in [-0.2, 0) is 16.1 Å². The number of hydrogen-bond donors (Lipinski definition) is 0. The summed E-state index contributed by atoms with van der Waals surface area (Å²) in [5, 5.41) is 5.32. The molecule has 6 nitrogen and oxygen atoms in total. The molecule has 0 aromatic heterocycles. The number of nitrogens with zero attached hydrogens (tertiary/aromatic N) is 3. The van der Waals surface area contributed by atoms with Crippen LogP contribution in [0.1, 0.15) is 29.5 Å². The number of methoxy groups -OCH3 is 1. The molecule has 1 heterocycles. The van der Waals surface area contributed by atoms with Crippen molar-refractivity contribution in [1.82, 2.24) is 9.91 Å². The standard InChI is InChI=1S/C17H23N3O3/c1-11-8-13(9-12(2)16(11)23-5)10-19(3)17(22)14-6-7-15(21)20(4)18-14/h8-9H,6-7,10H2,1-5H3. The van der Waals surface area contributed by atoms with Gasteiger partial charge in [-0.2, -0.15) is 5.10 Å². The molecule has 23 heavy (non-hydrogen) atoms. The van der Waals surface area contributed by atoms with Gasteiger partial charge in [-0.3, -0.25) is 9.59 Å². The molecule has 6 heteroatoms. The van der Waals surface area contributed by atoms with Crippen molar-refractivity contribution >= 4 is 17.5 Å². The molecule has 0 aliphatic carbocycles. The van der Waals surface area contributed by atoms with Crippen LogP contribution in [0.25, 0.3) is 0 Å². The van der Waals surface area contributed by atoms with Crippen LogP contribution in [0.2, 0.25) is 0 Å². The Hall–Kier alpha value is -2.37. The molecule has 2 rings (SSSR count). The van der Waals surface area contributed by atoms with Gasteiger partial charge in [0, 0.05) is 33.5 Å². The second-order valence-electron chi connectivity index (χ2n) is 5.89. The molecule has 2 amide bonds. The van der Waals surface area contributed by atoms with E-state index in [1.807, 2.05) is 26.0 Å². The van der Waals surface area contributed by atoms with E-state index < -0.39 is 0 Å². The first-order chi connectivity index (χ1) is 10.8. The van der Waals surface area contributed by atoms with E-state index in [2.05, 4.69) is 5.10 Å². The summed E-state index contributed by atoms with van der Waals surface area (Å²) in [4.78, 5) is 25.5. The lowest BCUT2D eigenvalue weighted by molar-refractivity contribution is -0.130. The zero-order valence-corrected chi connectivity index (χ0v) is 14.3. The van der Waals surface area contributed by atoms with Gasteiger partial charge in [-0.1, -0.05) is 12.1 Å². The number of carbonyl (C=O) groups excluding carboxylic acids is 2. The summed E-state index contributed by atoms with van der Waals surface area (Å²) in [6.45, 7) is 4.47. The summed E-state index contributed by atoms with van der Waals surface area (Å²) in [5.41, 5.74) is 3.56. The van der Waals surface area contributed by atoms with Crippen LogP contribution >= 0.6 is 0 Å². The molecule has 0 atom stereocenters. The average molecular weight is 317 g/mol. The van der Waals surface area contributed by atoms with E-state index in [0.29, 0.717) is 25.1 Å². The van der Waals surface area contributed by atoms with Gasteiger partial charge in [0.25, 0.3) is 5.91 Å². The highest BCUT2D eigenvalue weighted by atomic mass is 16.5. The number of carbonyl (C=O) groups is 2. The van der Waals surface area contributed by atoms with Crippen LogP contribution in [0.15, 0.2) is 17.2 Å².